The molecule has 0 saturated heterocycles. The number of hydrogen-bond donors (Lipinski definition) is 2. The molecule has 1 heterocycles. The standard InChI is InChI=1S/C14H19N3O3/c1-5-20-14(19)11-9(3)12(17-10(11)4)13(18)16-7-8(2)6-15/h8,17H,5,7H2,1-4H3,(H,16,18). The first-order chi connectivity index (χ1) is 9.42. The summed E-state index contributed by atoms with van der Waals surface area (Å²) in [7, 11) is 0. The fraction of sp³-hybridized carbons (Fsp3) is 0.500. The zero-order chi connectivity index (χ0) is 15.3. The molecule has 0 aliphatic rings. The minimum absolute atomic E-state index is 0.264. The second-order valence-electron chi connectivity index (χ2n) is 4.59. The number of esters is 1. The minimum Gasteiger partial charge on any atom is -0.462 e. The minimum atomic E-state index is -0.441. The van der Waals surface area contributed by atoms with Crippen LogP contribution in [0, 0.1) is 31.1 Å². The Bertz CT molecular complexity index is 555. The molecule has 1 aromatic rings. The van der Waals surface area contributed by atoms with Crippen molar-refractivity contribution in [3.8, 4) is 6.07 Å². The normalized spacial score (nSPS) is 11.6. The van der Waals surface area contributed by atoms with E-state index >= 15 is 0 Å². The maximum absolute atomic E-state index is 12.0. The molecule has 2 N–H and O–H groups in total. The second kappa shape index (κ2) is 6.75. The van der Waals surface area contributed by atoms with Crippen LogP contribution in [-0.4, -0.2) is 30.0 Å². The predicted molar refractivity (Wildman–Crippen MR) is 73.3 cm³/mol. The molecular weight excluding hydrogens is 258 g/mol. The zero-order valence-electron chi connectivity index (χ0n) is 12.2. The van der Waals surface area contributed by atoms with Crippen molar-refractivity contribution in [2.45, 2.75) is 27.7 Å². The van der Waals surface area contributed by atoms with Crippen LogP contribution in [0.3, 0.4) is 0 Å². The van der Waals surface area contributed by atoms with Gasteiger partial charge in [-0.15, -0.1) is 0 Å². The van der Waals surface area contributed by atoms with Crippen LogP contribution in [0.15, 0.2) is 0 Å². The molecule has 0 aliphatic carbocycles. The number of carbonyl (C=O) groups excluding carboxylic acids is 2. The largest absolute Gasteiger partial charge is 0.462 e. The number of carbonyl (C=O) groups is 2. The van der Waals surface area contributed by atoms with Gasteiger partial charge in [0.2, 0.25) is 0 Å². The van der Waals surface area contributed by atoms with Crippen molar-refractivity contribution in [1.82, 2.24) is 10.3 Å². The fourth-order valence-corrected chi connectivity index (χ4v) is 1.87. The van der Waals surface area contributed by atoms with Crippen LogP contribution in [0.25, 0.3) is 0 Å². The summed E-state index contributed by atoms with van der Waals surface area (Å²) in [5.74, 6) is -1.04. The van der Waals surface area contributed by atoms with Crippen LogP contribution in [-0.2, 0) is 4.74 Å². The van der Waals surface area contributed by atoms with Crippen molar-refractivity contribution in [1.29, 1.82) is 5.26 Å². The van der Waals surface area contributed by atoms with Gasteiger partial charge >= 0.3 is 5.97 Å². The Labute approximate surface area is 118 Å². The summed E-state index contributed by atoms with van der Waals surface area (Å²) in [6.45, 7) is 7.40. The second-order valence-corrected chi connectivity index (χ2v) is 4.59. The summed E-state index contributed by atoms with van der Waals surface area (Å²) in [6.07, 6.45) is 0. The van der Waals surface area contributed by atoms with E-state index in [1.807, 2.05) is 6.07 Å². The van der Waals surface area contributed by atoms with Crippen molar-refractivity contribution in [2.75, 3.05) is 13.2 Å². The molecule has 108 valence electrons. The number of nitrogens with one attached hydrogen (secondary N) is 2. The van der Waals surface area contributed by atoms with Crippen molar-refractivity contribution in [3.05, 3.63) is 22.5 Å². The van der Waals surface area contributed by atoms with Crippen molar-refractivity contribution in [3.63, 3.8) is 0 Å². The molecule has 0 radical (unpaired) electrons. The van der Waals surface area contributed by atoms with Crippen molar-refractivity contribution >= 4 is 11.9 Å². The fourth-order valence-electron chi connectivity index (χ4n) is 1.87. The SMILES string of the molecule is CCOC(=O)c1c(C)[nH]c(C(=O)NCC(C)C#N)c1C. The maximum atomic E-state index is 12.0. The number of amides is 1. The molecule has 0 saturated carbocycles. The number of aromatic amines is 1. The van der Waals surface area contributed by atoms with Crippen LogP contribution >= 0.6 is 0 Å². The van der Waals surface area contributed by atoms with Gasteiger partial charge in [0.1, 0.15) is 5.69 Å². The van der Waals surface area contributed by atoms with Crippen LogP contribution < -0.4 is 5.32 Å². The number of aromatic nitrogens is 1. The summed E-state index contributed by atoms with van der Waals surface area (Å²) in [4.78, 5) is 26.7. The number of ether oxygens (including phenoxy) is 1. The predicted octanol–water partition coefficient (Wildman–Crippen LogP) is 1.70. The zero-order valence-corrected chi connectivity index (χ0v) is 12.2. The lowest BCUT2D eigenvalue weighted by Crippen LogP contribution is -2.28. The first-order valence-corrected chi connectivity index (χ1v) is 6.46. The van der Waals surface area contributed by atoms with Crippen molar-refractivity contribution < 1.29 is 14.3 Å². The number of H-pyrrole nitrogens is 1. The molecule has 0 bridgehead atoms. The lowest BCUT2D eigenvalue weighted by atomic mass is 10.1. The van der Waals surface area contributed by atoms with Gasteiger partial charge in [0, 0.05) is 12.2 Å². The molecule has 1 unspecified atom stereocenters. The highest BCUT2D eigenvalue weighted by Crippen LogP contribution is 2.19. The molecular formula is C14H19N3O3. The Morgan fingerprint density at radius 1 is 1.45 bits per heavy atom. The summed E-state index contributed by atoms with van der Waals surface area (Å²) in [5, 5.41) is 11.3. The number of aryl methyl sites for hydroxylation is 1. The summed E-state index contributed by atoms with van der Waals surface area (Å²) in [6, 6.07) is 2.04. The van der Waals surface area contributed by atoms with Crippen LogP contribution in [0.5, 0.6) is 0 Å². The Balaban J connectivity index is 2.93. The third-order valence-corrected chi connectivity index (χ3v) is 2.93. The van der Waals surface area contributed by atoms with Gasteiger partial charge in [0.15, 0.2) is 0 Å². The lowest BCUT2D eigenvalue weighted by Gasteiger charge is -2.06. The molecule has 6 heteroatoms. The summed E-state index contributed by atoms with van der Waals surface area (Å²) >= 11 is 0. The third-order valence-electron chi connectivity index (χ3n) is 2.93. The Morgan fingerprint density at radius 3 is 2.65 bits per heavy atom. The first kappa shape index (κ1) is 15.8. The van der Waals surface area contributed by atoms with Crippen LogP contribution in [0.4, 0.5) is 0 Å². The van der Waals surface area contributed by atoms with E-state index in [1.165, 1.54) is 0 Å². The molecule has 1 atom stereocenters. The Kier molecular flexibility index (Phi) is 5.32. The number of nitrogens with zero attached hydrogens (tertiary/aromatic N) is 1. The molecule has 20 heavy (non-hydrogen) atoms. The number of hydrogen-bond acceptors (Lipinski definition) is 4. The van der Waals surface area contributed by atoms with E-state index in [1.54, 1.807) is 27.7 Å². The van der Waals surface area contributed by atoms with E-state index in [9.17, 15) is 9.59 Å². The van der Waals surface area contributed by atoms with Crippen LogP contribution in [0.2, 0.25) is 0 Å². The van der Waals surface area contributed by atoms with Gasteiger partial charge in [0.05, 0.1) is 24.2 Å². The Hall–Kier alpha value is -2.29. The van der Waals surface area contributed by atoms with Gasteiger partial charge in [0.25, 0.3) is 5.91 Å². The quantitative estimate of drug-likeness (QED) is 0.801. The molecule has 1 aromatic heterocycles. The molecule has 1 rings (SSSR count). The van der Waals surface area contributed by atoms with Gasteiger partial charge < -0.3 is 15.0 Å². The number of rotatable bonds is 5. The van der Waals surface area contributed by atoms with E-state index in [0.29, 0.717) is 22.5 Å². The van der Waals surface area contributed by atoms with Gasteiger partial charge in [-0.3, -0.25) is 4.79 Å². The van der Waals surface area contributed by atoms with Gasteiger partial charge in [-0.1, -0.05) is 0 Å². The molecule has 1 amide bonds. The van der Waals surface area contributed by atoms with E-state index in [2.05, 4.69) is 10.3 Å². The van der Waals surface area contributed by atoms with Crippen molar-refractivity contribution in [2.24, 2.45) is 5.92 Å². The lowest BCUT2D eigenvalue weighted by molar-refractivity contribution is 0.0525. The van der Waals surface area contributed by atoms with Gasteiger partial charge in [-0.2, -0.15) is 5.26 Å². The third kappa shape index (κ3) is 3.38. The van der Waals surface area contributed by atoms with Gasteiger partial charge in [-0.05, 0) is 33.3 Å². The first-order valence-electron chi connectivity index (χ1n) is 6.46. The summed E-state index contributed by atoms with van der Waals surface area (Å²) in [5.41, 5.74) is 1.88. The van der Waals surface area contributed by atoms with Gasteiger partial charge in [-0.25, -0.2) is 4.79 Å². The number of nitriles is 1. The molecule has 6 nitrogen and oxygen atoms in total. The molecule has 0 aromatic carbocycles. The molecule has 0 spiro atoms. The maximum Gasteiger partial charge on any atom is 0.340 e. The van der Waals surface area contributed by atoms with E-state index in [-0.39, 0.29) is 25.0 Å². The Morgan fingerprint density at radius 2 is 2.10 bits per heavy atom. The smallest absolute Gasteiger partial charge is 0.340 e. The van der Waals surface area contributed by atoms with E-state index in [0.717, 1.165) is 0 Å². The average molecular weight is 277 g/mol. The van der Waals surface area contributed by atoms with Crippen LogP contribution in [0.1, 0.15) is 46.0 Å². The molecule has 0 fully saturated rings. The highest BCUT2D eigenvalue weighted by Gasteiger charge is 2.22. The van der Waals surface area contributed by atoms with E-state index < -0.39 is 5.97 Å². The topological polar surface area (TPSA) is 95.0 Å². The average Bonchev–Trinajstić information content (AvgIpc) is 2.71. The summed E-state index contributed by atoms with van der Waals surface area (Å²) < 4.78 is 4.96. The highest BCUT2D eigenvalue weighted by atomic mass is 16.5. The molecule has 0 aliphatic heterocycles. The van der Waals surface area contributed by atoms with E-state index in [4.69, 9.17) is 10.00 Å². The highest BCUT2D eigenvalue weighted by molar-refractivity contribution is 6.00. The monoisotopic (exact) mass is 277 g/mol.